The fourth-order valence-corrected chi connectivity index (χ4v) is 2.82. The molecule has 0 spiro atoms. The maximum absolute atomic E-state index is 12.2. The fraction of sp³-hybridized carbons (Fsp3) is 0.500. The number of aryl methyl sites for hydroxylation is 1. The molecule has 1 aliphatic rings. The van der Waals surface area contributed by atoms with Crippen LogP contribution in [0.1, 0.15) is 37.9 Å². The maximum atomic E-state index is 12.2. The largest absolute Gasteiger partial charge is 0.384 e. The van der Waals surface area contributed by atoms with Gasteiger partial charge < -0.3 is 15.0 Å². The first-order valence-electron chi connectivity index (χ1n) is 8.09. The van der Waals surface area contributed by atoms with Crippen LogP contribution in [0.2, 0.25) is 5.02 Å². The number of hydrogen-bond donors (Lipinski definition) is 2. The predicted molar refractivity (Wildman–Crippen MR) is 94.8 cm³/mol. The Labute approximate surface area is 142 Å². The second-order valence-electron chi connectivity index (χ2n) is 5.88. The van der Waals surface area contributed by atoms with E-state index in [1.54, 1.807) is 7.11 Å². The summed E-state index contributed by atoms with van der Waals surface area (Å²) in [5.41, 5.74) is 2.77. The average Bonchev–Trinajstić information content (AvgIpc) is 3.23. The van der Waals surface area contributed by atoms with Crippen LogP contribution in [-0.4, -0.2) is 24.6 Å². The van der Waals surface area contributed by atoms with Gasteiger partial charge in [0.15, 0.2) is 0 Å². The minimum atomic E-state index is -0.291. The smallest absolute Gasteiger partial charge is 0.228 e. The van der Waals surface area contributed by atoms with Gasteiger partial charge in [0, 0.05) is 28.7 Å². The van der Waals surface area contributed by atoms with E-state index in [0.29, 0.717) is 13.2 Å². The highest BCUT2D eigenvalue weighted by atomic mass is 35.5. The molecule has 0 atom stereocenters. The zero-order valence-electron chi connectivity index (χ0n) is 14.3. The van der Waals surface area contributed by atoms with Crippen molar-refractivity contribution in [3.8, 4) is 0 Å². The maximum Gasteiger partial charge on any atom is 0.228 e. The first-order chi connectivity index (χ1) is 11.0. The normalized spacial score (nSPS) is 15.0. The number of rotatable bonds is 5. The monoisotopic (exact) mass is 336 g/mol. The Morgan fingerprint density at radius 2 is 2.04 bits per heavy atom. The first-order valence-corrected chi connectivity index (χ1v) is 8.47. The molecule has 0 bridgehead atoms. The molecule has 1 aliphatic carbocycles. The van der Waals surface area contributed by atoms with Crippen molar-refractivity contribution in [3.63, 3.8) is 0 Å². The molecule has 3 rings (SSSR count). The molecule has 0 radical (unpaired) electrons. The summed E-state index contributed by atoms with van der Waals surface area (Å²) in [6.07, 6.45) is 1.82. The Balaban J connectivity index is 0.000000924. The number of hydrogen-bond acceptors (Lipinski definition) is 2. The van der Waals surface area contributed by atoms with E-state index in [1.807, 2.05) is 39.0 Å². The number of benzene rings is 1. The lowest BCUT2D eigenvalue weighted by atomic mass is 10.1. The Morgan fingerprint density at radius 1 is 1.35 bits per heavy atom. The summed E-state index contributed by atoms with van der Waals surface area (Å²) in [7, 11) is 1.64. The van der Waals surface area contributed by atoms with Crippen LogP contribution >= 0.6 is 11.6 Å². The quantitative estimate of drug-likeness (QED) is 0.859. The second kappa shape index (κ2) is 7.37. The van der Waals surface area contributed by atoms with Gasteiger partial charge in [-0.05, 0) is 43.5 Å². The Kier molecular flexibility index (Phi) is 5.71. The van der Waals surface area contributed by atoms with Crippen molar-refractivity contribution in [2.75, 3.05) is 13.7 Å². The molecular formula is C18H25ClN2O2. The summed E-state index contributed by atoms with van der Waals surface area (Å²) in [6.45, 7) is 6.97. The number of carbonyl (C=O) groups excluding carboxylic acids is 1. The third-order valence-electron chi connectivity index (χ3n) is 4.15. The second-order valence-corrected chi connectivity index (χ2v) is 6.29. The van der Waals surface area contributed by atoms with E-state index in [0.717, 1.165) is 40.0 Å². The van der Waals surface area contributed by atoms with Crippen LogP contribution in [-0.2, 0) is 16.1 Å². The zero-order valence-corrected chi connectivity index (χ0v) is 15.0. The van der Waals surface area contributed by atoms with Gasteiger partial charge in [0.1, 0.15) is 0 Å². The number of H-pyrrole nitrogens is 1. The predicted octanol–water partition coefficient (Wildman–Crippen LogP) is 4.20. The summed E-state index contributed by atoms with van der Waals surface area (Å²) in [5, 5.41) is 4.81. The molecule has 0 aliphatic heterocycles. The molecule has 0 saturated heterocycles. The van der Waals surface area contributed by atoms with Crippen LogP contribution in [0.15, 0.2) is 18.2 Å². The van der Waals surface area contributed by atoms with E-state index in [9.17, 15) is 4.79 Å². The number of halogens is 1. The molecule has 1 aromatic heterocycles. The molecule has 1 amide bonds. The Morgan fingerprint density at radius 3 is 2.65 bits per heavy atom. The summed E-state index contributed by atoms with van der Waals surface area (Å²) in [6, 6.07) is 5.99. The highest BCUT2D eigenvalue weighted by Crippen LogP contribution is 2.46. The van der Waals surface area contributed by atoms with Crippen molar-refractivity contribution in [2.45, 2.75) is 40.2 Å². The lowest BCUT2D eigenvalue weighted by Gasteiger charge is -2.13. The highest BCUT2D eigenvalue weighted by molar-refractivity contribution is 6.32. The summed E-state index contributed by atoms with van der Waals surface area (Å²) in [5.74, 6) is 0.0808. The number of carbonyl (C=O) groups is 1. The molecular weight excluding hydrogens is 312 g/mol. The molecule has 2 N–H and O–H groups in total. The van der Waals surface area contributed by atoms with Crippen LogP contribution in [0.25, 0.3) is 10.9 Å². The number of ether oxygens (including phenoxy) is 1. The molecule has 1 fully saturated rings. The van der Waals surface area contributed by atoms with Crippen molar-refractivity contribution in [1.82, 2.24) is 10.3 Å². The van der Waals surface area contributed by atoms with Gasteiger partial charge in [-0.2, -0.15) is 0 Å². The number of aromatic amines is 1. The first kappa shape index (κ1) is 17.8. The van der Waals surface area contributed by atoms with Crippen LogP contribution in [0.3, 0.4) is 0 Å². The van der Waals surface area contributed by atoms with Gasteiger partial charge in [-0.1, -0.05) is 25.4 Å². The Bertz CT molecular complexity index is 651. The number of methoxy groups -OCH3 is 1. The van der Waals surface area contributed by atoms with Crippen LogP contribution < -0.4 is 5.32 Å². The molecule has 126 valence electrons. The number of amides is 1. The number of fused-ring (bicyclic) bond motifs is 1. The van der Waals surface area contributed by atoms with E-state index in [4.69, 9.17) is 16.3 Å². The van der Waals surface area contributed by atoms with Crippen LogP contribution in [0, 0.1) is 12.3 Å². The van der Waals surface area contributed by atoms with E-state index < -0.39 is 0 Å². The van der Waals surface area contributed by atoms with Crippen molar-refractivity contribution >= 4 is 28.4 Å². The van der Waals surface area contributed by atoms with Gasteiger partial charge in [0.25, 0.3) is 0 Å². The van der Waals surface area contributed by atoms with E-state index >= 15 is 0 Å². The summed E-state index contributed by atoms with van der Waals surface area (Å²) in [4.78, 5) is 15.5. The molecule has 4 nitrogen and oxygen atoms in total. The lowest BCUT2D eigenvalue weighted by molar-refractivity contribution is -0.128. The minimum Gasteiger partial charge on any atom is -0.384 e. The third kappa shape index (κ3) is 3.88. The van der Waals surface area contributed by atoms with Crippen molar-refractivity contribution in [2.24, 2.45) is 5.41 Å². The van der Waals surface area contributed by atoms with E-state index in [1.165, 1.54) is 0 Å². The number of nitrogens with one attached hydrogen (secondary N) is 2. The fourth-order valence-electron chi connectivity index (χ4n) is 2.64. The van der Waals surface area contributed by atoms with Gasteiger partial charge in [0.05, 0.1) is 18.6 Å². The lowest BCUT2D eigenvalue weighted by Crippen LogP contribution is -2.34. The third-order valence-corrected chi connectivity index (χ3v) is 4.56. The zero-order chi connectivity index (χ0) is 17.0. The molecule has 23 heavy (non-hydrogen) atoms. The standard InChI is InChI=1S/C16H19ClN2O2.C2H6/c1-10-5-14-11(7-13(10)17)6-12(19-14)8-18-15(20)16(3-4-16)9-21-2;1-2/h5-7,19H,3-4,8-9H2,1-2H3,(H,18,20);1-2H3. The molecule has 0 unspecified atom stereocenters. The molecule has 5 heteroatoms. The van der Waals surface area contributed by atoms with Gasteiger partial charge in [0.2, 0.25) is 5.91 Å². The molecule has 2 aromatic rings. The van der Waals surface area contributed by atoms with Gasteiger partial charge in [-0.25, -0.2) is 0 Å². The van der Waals surface area contributed by atoms with Crippen molar-refractivity contribution < 1.29 is 9.53 Å². The summed E-state index contributed by atoms with van der Waals surface area (Å²) < 4.78 is 5.13. The molecule has 1 aromatic carbocycles. The molecule has 1 saturated carbocycles. The van der Waals surface area contributed by atoms with E-state index in [2.05, 4.69) is 10.3 Å². The average molecular weight is 337 g/mol. The topological polar surface area (TPSA) is 54.1 Å². The SMILES string of the molecule is CC.COCC1(C(=O)NCc2cc3cc(Cl)c(C)cc3[nH]2)CC1. The number of aromatic nitrogens is 1. The molecule has 1 heterocycles. The van der Waals surface area contributed by atoms with Crippen LogP contribution in [0.4, 0.5) is 0 Å². The van der Waals surface area contributed by atoms with E-state index in [-0.39, 0.29) is 11.3 Å². The highest BCUT2D eigenvalue weighted by Gasteiger charge is 2.49. The van der Waals surface area contributed by atoms with Crippen molar-refractivity contribution in [3.05, 3.63) is 34.5 Å². The van der Waals surface area contributed by atoms with Crippen molar-refractivity contribution in [1.29, 1.82) is 0 Å². The minimum absolute atomic E-state index is 0.0808. The van der Waals surface area contributed by atoms with Gasteiger partial charge in [-0.3, -0.25) is 4.79 Å². The van der Waals surface area contributed by atoms with Gasteiger partial charge in [-0.15, -0.1) is 0 Å². The van der Waals surface area contributed by atoms with Crippen LogP contribution in [0.5, 0.6) is 0 Å². The Hall–Kier alpha value is -1.52. The van der Waals surface area contributed by atoms with Gasteiger partial charge >= 0.3 is 0 Å². The summed E-state index contributed by atoms with van der Waals surface area (Å²) >= 11 is 6.13.